The fraction of sp³-hybridized carbons (Fsp3) is 0. The Kier molecular flexibility index (Phi) is 3.13. The van der Waals surface area contributed by atoms with Gasteiger partial charge in [-0.25, -0.2) is 14.4 Å². The lowest BCUT2D eigenvalue weighted by Gasteiger charge is -2.08. The summed E-state index contributed by atoms with van der Waals surface area (Å²) < 4.78 is 13.4. The second-order valence-corrected chi connectivity index (χ2v) is 3.26. The van der Waals surface area contributed by atoms with Gasteiger partial charge in [0.25, 0.3) is 0 Å². The van der Waals surface area contributed by atoms with Crippen LogP contribution in [-0.2, 0) is 0 Å². The van der Waals surface area contributed by atoms with Crippen LogP contribution in [0.25, 0.3) is 0 Å². The lowest BCUT2D eigenvalue weighted by Crippen LogP contribution is -2.01. The summed E-state index contributed by atoms with van der Waals surface area (Å²) in [7, 11) is 0. The molecule has 0 radical (unpaired) electrons. The largest absolute Gasteiger partial charge is 0.337 e. The van der Waals surface area contributed by atoms with Crippen molar-refractivity contribution in [2.24, 2.45) is 0 Å². The number of benzene rings is 1. The lowest BCUT2D eigenvalue weighted by molar-refractivity contribution is 0.624. The van der Waals surface area contributed by atoms with Crippen LogP contribution in [0, 0.1) is 28.5 Å². The second-order valence-electron chi connectivity index (χ2n) is 3.26. The first kappa shape index (κ1) is 11.5. The summed E-state index contributed by atoms with van der Waals surface area (Å²) in [6, 6.07) is 7.78. The van der Waals surface area contributed by atoms with Gasteiger partial charge in [0.1, 0.15) is 23.5 Å². The molecule has 86 valence electrons. The third-order valence-corrected chi connectivity index (χ3v) is 2.18. The average molecular weight is 239 g/mol. The fourth-order valence-corrected chi connectivity index (χ4v) is 1.38. The number of hydrogen-bond acceptors (Lipinski definition) is 5. The monoisotopic (exact) mass is 239 g/mol. The van der Waals surface area contributed by atoms with Crippen molar-refractivity contribution in [3.63, 3.8) is 0 Å². The van der Waals surface area contributed by atoms with Crippen molar-refractivity contribution in [2.45, 2.75) is 0 Å². The Bertz CT molecular complexity index is 669. The first-order chi connectivity index (χ1) is 8.76. The van der Waals surface area contributed by atoms with Crippen LogP contribution in [-0.4, -0.2) is 9.97 Å². The number of nitrogens with zero attached hydrogens (tertiary/aromatic N) is 4. The minimum atomic E-state index is -0.634. The molecule has 1 heterocycles. The van der Waals surface area contributed by atoms with Gasteiger partial charge in [0, 0.05) is 12.4 Å². The quantitative estimate of drug-likeness (QED) is 0.867. The number of rotatable bonds is 2. The van der Waals surface area contributed by atoms with Crippen LogP contribution in [0.15, 0.2) is 30.6 Å². The molecule has 2 rings (SSSR count). The van der Waals surface area contributed by atoms with Gasteiger partial charge in [-0.3, -0.25) is 0 Å². The third-order valence-electron chi connectivity index (χ3n) is 2.18. The summed E-state index contributed by atoms with van der Waals surface area (Å²) in [6.07, 6.45) is 2.77. The molecular weight excluding hydrogens is 233 g/mol. The summed E-state index contributed by atoms with van der Waals surface area (Å²) >= 11 is 0. The molecule has 1 aromatic heterocycles. The predicted molar refractivity (Wildman–Crippen MR) is 61.1 cm³/mol. The molecule has 5 nitrogen and oxygen atoms in total. The average Bonchev–Trinajstić information content (AvgIpc) is 2.40. The standard InChI is InChI=1S/C12H6FN5/c13-9-2-1-3-10(8(9)6-14)18-12-11(7-15)16-4-5-17-12/h1-5H,(H,17,18). The van der Waals surface area contributed by atoms with Crippen molar-refractivity contribution in [1.82, 2.24) is 9.97 Å². The molecular formula is C12H6FN5. The van der Waals surface area contributed by atoms with Gasteiger partial charge in [0.15, 0.2) is 11.5 Å². The van der Waals surface area contributed by atoms with Gasteiger partial charge < -0.3 is 5.32 Å². The topological polar surface area (TPSA) is 85.4 Å². The Morgan fingerprint density at radius 2 is 1.89 bits per heavy atom. The molecule has 0 fully saturated rings. The molecule has 0 amide bonds. The second kappa shape index (κ2) is 4.89. The summed E-state index contributed by atoms with van der Waals surface area (Å²) in [6.45, 7) is 0. The molecule has 0 aliphatic rings. The zero-order chi connectivity index (χ0) is 13.0. The van der Waals surface area contributed by atoms with E-state index >= 15 is 0 Å². The van der Waals surface area contributed by atoms with E-state index in [-0.39, 0.29) is 22.8 Å². The van der Waals surface area contributed by atoms with Gasteiger partial charge >= 0.3 is 0 Å². The fourth-order valence-electron chi connectivity index (χ4n) is 1.38. The SMILES string of the molecule is N#Cc1nccnc1Nc1cccc(F)c1C#N. The van der Waals surface area contributed by atoms with Crippen LogP contribution >= 0.6 is 0 Å². The number of anilines is 2. The molecule has 0 saturated heterocycles. The first-order valence-electron chi connectivity index (χ1n) is 4.93. The molecule has 0 saturated carbocycles. The van der Waals surface area contributed by atoms with E-state index in [0.717, 1.165) is 0 Å². The Balaban J connectivity index is 2.45. The van der Waals surface area contributed by atoms with Crippen molar-refractivity contribution < 1.29 is 4.39 Å². The maximum absolute atomic E-state index is 13.4. The molecule has 18 heavy (non-hydrogen) atoms. The van der Waals surface area contributed by atoms with Crippen LogP contribution < -0.4 is 5.32 Å². The van der Waals surface area contributed by atoms with Crippen LogP contribution in [0.1, 0.15) is 11.3 Å². The van der Waals surface area contributed by atoms with Gasteiger partial charge in [-0.1, -0.05) is 6.07 Å². The summed E-state index contributed by atoms with van der Waals surface area (Å²) in [4.78, 5) is 7.73. The maximum atomic E-state index is 13.4. The van der Waals surface area contributed by atoms with Crippen molar-refractivity contribution in [1.29, 1.82) is 10.5 Å². The van der Waals surface area contributed by atoms with Gasteiger partial charge in [0.05, 0.1) is 5.69 Å². The number of nitriles is 2. The molecule has 0 aliphatic carbocycles. The molecule has 6 heteroatoms. The Morgan fingerprint density at radius 1 is 1.11 bits per heavy atom. The van der Waals surface area contributed by atoms with Gasteiger partial charge in [-0.2, -0.15) is 10.5 Å². The Hall–Kier alpha value is -2.99. The van der Waals surface area contributed by atoms with E-state index in [9.17, 15) is 4.39 Å². The summed E-state index contributed by atoms with van der Waals surface area (Å²) in [5.74, 6) is -0.452. The van der Waals surface area contributed by atoms with Crippen LogP contribution in [0.2, 0.25) is 0 Å². The maximum Gasteiger partial charge on any atom is 0.183 e. The smallest absolute Gasteiger partial charge is 0.183 e. The van der Waals surface area contributed by atoms with E-state index in [2.05, 4.69) is 15.3 Å². The highest BCUT2D eigenvalue weighted by Gasteiger charge is 2.10. The van der Waals surface area contributed by atoms with Crippen LogP contribution in [0.5, 0.6) is 0 Å². The predicted octanol–water partition coefficient (Wildman–Crippen LogP) is 2.10. The van der Waals surface area contributed by atoms with E-state index in [1.807, 2.05) is 6.07 Å². The molecule has 0 atom stereocenters. The zero-order valence-corrected chi connectivity index (χ0v) is 9.05. The highest BCUT2D eigenvalue weighted by molar-refractivity contribution is 5.67. The number of hydrogen-bond donors (Lipinski definition) is 1. The van der Waals surface area contributed by atoms with E-state index in [0.29, 0.717) is 0 Å². The third kappa shape index (κ3) is 2.08. The van der Waals surface area contributed by atoms with Crippen LogP contribution in [0.3, 0.4) is 0 Å². The van der Waals surface area contributed by atoms with Crippen molar-refractivity contribution >= 4 is 11.5 Å². The number of aromatic nitrogens is 2. The van der Waals surface area contributed by atoms with E-state index in [4.69, 9.17) is 10.5 Å². The van der Waals surface area contributed by atoms with E-state index in [1.165, 1.54) is 30.6 Å². The molecule has 0 bridgehead atoms. The Morgan fingerprint density at radius 3 is 2.61 bits per heavy atom. The van der Waals surface area contributed by atoms with Gasteiger partial charge in [-0.05, 0) is 12.1 Å². The minimum absolute atomic E-state index is 0.0747. The molecule has 1 aromatic carbocycles. The highest BCUT2D eigenvalue weighted by Crippen LogP contribution is 2.22. The van der Waals surface area contributed by atoms with Crippen molar-refractivity contribution in [2.75, 3.05) is 5.32 Å². The lowest BCUT2D eigenvalue weighted by atomic mass is 10.2. The molecule has 0 spiro atoms. The summed E-state index contributed by atoms with van der Waals surface area (Å²) in [5, 5.41) is 20.4. The number of nitrogens with one attached hydrogen (secondary N) is 1. The minimum Gasteiger partial charge on any atom is -0.337 e. The molecule has 0 aliphatic heterocycles. The molecule has 0 unspecified atom stereocenters. The first-order valence-corrected chi connectivity index (χ1v) is 4.93. The van der Waals surface area contributed by atoms with Gasteiger partial charge in [0.2, 0.25) is 0 Å². The zero-order valence-electron chi connectivity index (χ0n) is 9.05. The molecule has 1 N–H and O–H groups in total. The van der Waals surface area contributed by atoms with Gasteiger partial charge in [-0.15, -0.1) is 0 Å². The highest BCUT2D eigenvalue weighted by atomic mass is 19.1. The van der Waals surface area contributed by atoms with Crippen molar-refractivity contribution in [3.8, 4) is 12.1 Å². The summed E-state index contributed by atoms with van der Waals surface area (Å²) in [5.41, 5.74) is 0.187. The van der Waals surface area contributed by atoms with Crippen LogP contribution in [0.4, 0.5) is 15.9 Å². The number of halogens is 1. The van der Waals surface area contributed by atoms with E-state index in [1.54, 1.807) is 6.07 Å². The van der Waals surface area contributed by atoms with E-state index < -0.39 is 5.82 Å². The Labute approximate surface area is 102 Å². The molecule has 2 aromatic rings. The van der Waals surface area contributed by atoms with Crippen molar-refractivity contribution in [3.05, 3.63) is 47.7 Å². The normalized spacial score (nSPS) is 9.28.